The molecular formula is C14H25N5. The molecule has 1 saturated heterocycles. The van der Waals surface area contributed by atoms with Crippen molar-refractivity contribution < 1.29 is 0 Å². The Morgan fingerprint density at radius 3 is 2.42 bits per heavy atom. The SMILES string of the molecule is CNc1nc(C)nc(NCC2CCN(C)CC2)c1C. The van der Waals surface area contributed by atoms with Crippen molar-refractivity contribution in [3.8, 4) is 0 Å². The molecule has 1 aromatic heterocycles. The van der Waals surface area contributed by atoms with Crippen LogP contribution in [0.5, 0.6) is 0 Å². The maximum atomic E-state index is 4.51. The van der Waals surface area contributed by atoms with Crippen LogP contribution in [-0.2, 0) is 0 Å². The second-order valence-corrected chi connectivity index (χ2v) is 5.47. The quantitative estimate of drug-likeness (QED) is 0.869. The molecule has 1 aromatic rings. The van der Waals surface area contributed by atoms with Gasteiger partial charge in [0.05, 0.1) is 0 Å². The zero-order chi connectivity index (χ0) is 13.8. The number of rotatable bonds is 4. The highest BCUT2D eigenvalue weighted by molar-refractivity contribution is 5.56. The second-order valence-electron chi connectivity index (χ2n) is 5.47. The molecule has 0 aromatic carbocycles. The van der Waals surface area contributed by atoms with Gasteiger partial charge in [-0.3, -0.25) is 0 Å². The van der Waals surface area contributed by atoms with Crippen molar-refractivity contribution in [3.05, 3.63) is 11.4 Å². The van der Waals surface area contributed by atoms with Gasteiger partial charge in [-0.15, -0.1) is 0 Å². The Balaban J connectivity index is 1.97. The third-order valence-electron chi connectivity index (χ3n) is 3.89. The first-order valence-electron chi connectivity index (χ1n) is 7.05. The van der Waals surface area contributed by atoms with Crippen LogP contribution in [0.15, 0.2) is 0 Å². The summed E-state index contributed by atoms with van der Waals surface area (Å²) in [5.74, 6) is 3.44. The van der Waals surface area contributed by atoms with Gasteiger partial charge in [-0.2, -0.15) is 0 Å². The molecule has 0 aliphatic carbocycles. The monoisotopic (exact) mass is 263 g/mol. The third-order valence-corrected chi connectivity index (χ3v) is 3.89. The number of anilines is 2. The number of nitrogens with one attached hydrogen (secondary N) is 2. The van der Waals surface area contributed by atoms with Crippen LogP contribution in [0.2, 0.25) is 0 Å². The van der Waals surface area contributed by atoms with Crippen molar-refractivity contribution in [2.24, 2.45) is 5.92 Å². The first-order chi connectivity index (χ1) is 9.10. The molecule has 0 spiro atoms. The van der Waals surface area contributed by atoms with E-state index in [1.807, 2.05) is 14.0 Å². The molecule has 5 nitrogen and oxygen atoms in total. The number of nitrogens with zero attached hydrogens (tertiary/aromatic N) is 3. The van der Waals surface area contributed by atoms with Crippen molar-refractivity contribution in [1.82, 2.24) is 14.9 Å². The van der Waals surface area contributed by atoms with Crippen LogP contribution in [0.1, 0.15) is 24.2 Å². The molecule has 1 aliphatic rings. The van der Waals surface area contributed by atoms with E-state index < -0.39 is 0 Å². The van der Waals surface area contributed by atoms with Gasteiger partial charge in [0.2, 0.25) is 0 Å². The topological polar surface area (TPSA) is 53.1 Å². The van der Waals surface area contributed by atoms with E-state index in [0.29, 0.717) is 0 Å². The summed E-state index contributed by atoms with van der Waals surface area (Å²) in [6.07, 6.45) is 2.54. The van der Waals surface area contributed by atoms with Crippen LogP contribution in [0.25, 0.3) is 0 Å². The Bertz CT molecular complexity index is 424. The number of aromatic nitrogens is 2. The van der Waals surface area contributed by atoms with Gasteiger partial charge < -0.3 is 15.5 Å². The molecule has 0 bridgehead atoms. The summed E-state index contributed by atoms with van der Waals surface area (Å²) < 4.78 is 0. The number of hydrogen-bond donors (Lipinski definition) is 2. The molecule has 2 rings (SSSR count). The van der Waals surface area contributed by atoms with Crippen LogP contribution >= 0.6 is 0 Å². The van der Waals surface area contributed by atoms with Gasteiger partial charge in [0, 0.05) is 19.2 Å². The van der Waals surface area contributed by atoms with Crippen LogP contribution < -0.4 is 10.6 Å². The van der Waals surface area contributed by atoms with Gasteiger partial charge in [-0.25, -0.2) is 9.97 Å². The Kier molecular flexibility index (Phi) is 4.58. The smallest absolute Gasteiger partial charge is 0.134 e. The van der Waals surface area contributed by atoms with E-state index in [-0.39, 0.29) is 0 Å². The van der Waals surface area contributed by atoms with E-state index in [9.17, 15) is 0 Å². The number of piperidine rings is 1. The zero-order valence-corrected chi connectivity index (χ0v) is 12.5. The minimum atomic E-state index is 0.754. The summed E-state index contributed by atoms with van der Waals surface area (Å²) in [6, 6.07) is 0. The van der Waals surface area contributed by atoms with Crippen molar-refractivity contribution in [2.75, 3.05) is 44.4 Å². The number of hydrogen-bond acceptors (Lipinski definition) is 5. The lowest BCUT2D eigenvalue weighted by molar-refractivity contribution is 0.226. The lowest BCUT2D eigenvalue weighted by Crippen LogP contribution is -2.33. The first-order valence-corrected chi connectivity index (χ1v) is 7.05. The Hall–Kier alpha value is -1.36. The molecule has 0 atom stereocenters. The molecule has 19 heavy (non-hydrogen) atoms. The van der Waals surface area contributed by atoms with Crippen LogP contribution in [0.4, 0.5) is 11.6 Å². The van der Waals surface area contributed by atoms with Gasteiger partial charge in [-0.05, 0) is 52.7 Å². The van der Waals surface area contributed by atoms with Gasteiger partial charge in [0.15, 0.2) is 0 Å². The fourth-order valence-electron chi connectivity index (χ4n) is 2.55. The van der Waals surface area contributed by atoms with E-state index in [0.717, 1.165) is 35.5 Å². The van der Waals surface area contributed by atoms with E-state index in [1.54, 1.807) is 0 Å². The van der Waals surface area contributed by atoms with Crippen molar-refractivity contribution in [2.45, 2.75) is 26.7 Å². The van der Waals surface area contributed by atoms with E-state index >= 15 is 0 Å². The molecule has 5 heteroatoms. The number of aryl methyl sites for hydroxylation is 1. The maximum Gasteiger partial charge on any atom is 0.134 e. The molecule has 2 heterocycles. The molecule has 2 N–H and O–H groups in total. The van der Waals surface area contributed by atoms with Gasteiger partial charge >= 0.3 is 0 Å². The molecular weight excluding hydrogens is 238 g/mol. The maximum absolute atomic E-state index is 4.51. The average molecular weight is 263 g/mol. The fraction of sp³-hybridized carbons (Fsp3) is 0.714. The number of likely N-dealkylation sites (tertiary alicyclic amines) is 1. The van der Waals surface area contributed by atoms with Crippen LogP contribution in [0.3, 0.4) is 0 Å². The summed E-state index contributed by atoms with van der Waals surface area (Å²) in [6.45, 7) is 7.41. The molecule has 106 valence electrons. The lowest BCUT2D eigenvalue weighted by atomic mass is 9.97. The normalized spacial score (nSPS) is 17.5. The fourth-order valence-corrected chi connectivity index (χ4v) is 2.55. The summed E-state index contributed by atoms with van der Waals surface area (Å²) in [5, 5.41) is 6.63. The Morgan fingerprint density at radius 1 is 1.16 bits per heavy atom. The van der Waals surface area contributed by atoms with Gasteiger partial charge in [0.25, 0.3) is 0 Å². The highest BCUT2D eigenvalue weighted by Crippen LogP contribution is 2.21. The molecule has 0 saturated carbocycles. The second kappa shape index (κ2) is 6.19. The van der Waals surface area contributed by atoms with Crippen LogP contribution in [-0.4, -0.2) is 48.6 Å². The summed E-state index contributed by atoms with van der Waals surface area (Å²) in [7, 11) is 4.09. The van der Waals surface area contributed by atoms with E-state index in [4.69, 9.17) is 0 Å². The minimum Gasteiger partial charge on any atom is -0.373 e. The van der Waals surface area contributed by atoms with Gasteiger partial charge in [-0.1, -0.05) is 0 Å². The summed E-state index contributed by atoms with van der Waals surface area (Å²) in [4.78, 5) is 11.3. The first kappa shape index (κ1) is 14.1. The van der Waals surface area contributed by atoms with Gasteiger partial charge in [0.1, 0.15) is 17.5 Å². The Labute approximate surface area is 115 Å². The largest absolute Gasteiger partial charge is 0.373 e. The Morgan fingerprint density at radius 2 is 1.79 bits per heavy atom. The molecule has 1 aliphatic heterocycles. The van der Waals surface area contributed by atoms with Crippen molar-refractivity contribution >= 4 is 11.6 Å². The predicted octanol–water partition coefficient (Wildman–Crippen LogP) is 1.89. The zero-order valence-electron chi connectivity index (χ0n) is 12.5. The summed E-state index contributed by atoms with van der Waals surface area (Å²) in [5.41, 5.74) is 1.10. The molecule has 1 fully saturated rings. The average Bonchev–Trinajstić information content (AvgIpc) is 2.41. The van der Waals surface area contributed by atoms with E-state index in [1.165, 1.54) is 25.9 Å². The third kappa shape index (κ3) is 3.56. The molecule has 0 amide bonds. The standard InChI is InChI=1S/C14H25N5/c1-10-13(15-3)17-11(2)18-14(10)16-9-12-5-7-19(4)8-6-12/h12H,5-9H2,1-4H3,(H2,15,16,17,18). The molecule has 0 radical (unpaired) electrons. The lowest BCUT2D eigenvalue weighted by Gasteiger charge is -2.29. The van der Waals surface area contributed by atoms with E-state index in [2.05, 4.69) is 39.5 Å². The minimum absolute atomic E-state index is 0.754. The van der Waals surface area contributed by atoms with Crippen LogP contribution in [0, 0.1) is 19.8 Å². The molecule has 0 unspecified atom stereocenters. The highest BCUT2D eigenvalue weighted by atomic mass is 15.1. The van der Waals surface area contributed by atoms with Crippen molar-refractivity contribution in [1.29, 1.82) is 0 Å². The highest BCUT2D eigenvalue weighted by Gasteiger charge is 2.17. The summed E-state index contributed by atoms with van der Waals surface area (Å²) >= 11 is 0. The van der Waals surface area contributed by atoms with Crippen molar-refractivity contribution in [3.63, 3.8) is 0 Å². The predicted molar refractivity (Wildman–Crippen MR) is 79.8 cm³/mol.